The smallest absolute Gasteiger partial charge is 0.195 e. The van der Waals surface area contributed by atoms with E-state index in [1.165, 1.54) is 25.7 Å². The Balaban J connectivity index is 2.00. The SMILES string of the molecule is CC(C)c1n[nH]c(=S)n1[C@@H]1C[C@H]2CC[C@H]1C2. The van der Waals surface area contributed by atoms with E-state index in [-0.39, 0.29) is 0 Å². The second kappa shape index (κ2) is 3.69. The maximum absolute atomic E-state index is 5.39. The Morgan fingerprint density at radius 1 is 1.38 bits per heavy atom. The molecule has 2 bridgehead atoms. The molecule has 2 aliphatic carbocycles. The Labute approximate surface area is 101 Å². The molecule has 3 nitrogen and oxygen atoms in total. The molecule has 0 aromatic carbocycles. The zero-order valence-corrected chi connectivity index (χ0v) is 10.8. The van der Waals surface area contributed by atoms with E-state index in [4.69, 9.17) is 12.2 Å². The summed E-state index contributed by atoms with van der Waals surface area (Å²) in [6, 6.07) is 0.627. The number of aromatic nitrogens is 3. The summed E-state index contributed by atoms with van der Waals surface area (Å²) in [5.41, 5.74) is 0. The van der Waals surface area contributed by atoms with Crippen LogP contribution in [0.2, 0.25) is 0 Å². The highest BCUT2D eigenvalue weighted by Crippen LogP contribution is 2.51. The molecule has 2 saturated carbocycles. The Morgan fingerprint density at radius 2 is 2.19 bits per heavy atom. The average Bonchev–Trinajstić information content (AvgIpc) is 2.90. The number of fused-ring (bicyclic) bond motifs is 2. The summed E-state index contributed by atoms with van der Waals surface area (Å²) >= 11 is 5.39. The molecule has 0 radical (unpaired) electrons. The van der Waals surface area contributed by atoms with E-state index in [2.05, 4.69) is 28.6 Å². The van der Waals surface area contributed by atoms with Crippen molar-refractivity contribution in [3.05, 3.63) is 10.6 Å². The van der Waals surface area contributed by atoms with Crippen molar-refractivity contribution in [2.75, 3.05) is 0 Å². The molecule has 1 aromatic rings. The predicted octanol–water partition coefficient (Wildman–Crippen LogP) is 3.43. The largest absolute Gasteiger partial charge is 0.301 e. The maximum Gasteiger partial charge on any atom is 0.195 e. The lowest BCUT2D eigenvalue weighted by Gasteiger charge is -2.25. The quantitative estimate of drug-likeness (QED) is 0.800. The van der Waals surface area contributed by atoms with Gasteiger partial charge in [-0.25, -0.2) is 0 Å². The van der Waals surface area contributed by atoms with Crippen LogP contribution in [-0.2, 0) is 0 Å². The number of hydrogen-bond acceptors (Lipinski definition) is 2. The Kier molecular flexibility index (Phi) is 2.42. The Hall–Kier alpha value is -0.640. The number of aromatic amines is 1. The minimum atomic E-state index is 0.451. The van der Waals surface area contributed by atoms with Crippen LogP contribution in [0.4, 0.5) is 0 Å². The highest BCUT2D eigenvalue weighted by atomic mass is 32.1. The van der Waals surface area contributed by atoms with Gasteiger partial charge in [-0.1, -0.05) is 20.3 Å². The van der Waals surface area contributed by atoms with Gasteiger partial charge in [0.1, 0.15) is 5.82 Å². The van der Waals surface area contributed by atoms with Gasteiger partial charge in [0, 0.05) is 12.0 Å². The van der Waals surface area contributed by atoms with Gasteiger partial charge in [-0.05, 0) is 43.3 Å². The molecule has 2 fully saturated rings. The fourth-order valence-electron chi connectivity index (χ4n) is 3.57. The second-order valence-corrected chi connectivity index (χ2v) is 6.04. The van der Waals surface area contributed by atoms with E-state index in [0.717, 1.165) is 22.4 Å². The van der Waals surface area contributed by atoms with Gasteiger partial charge in [0.25, 0.3) is 0 Å². The first-order chi connectivity index (χ1) is 7.66. The Morgan fingerprint density at radius 3 is 2.75 bits per heavy atom. The van der Waals surface area contributed by atoms with Gasteiger partial charge < -0.3 is 4.57 Å². The van der Waals surface area contributed by atoms with Gasteiger partial charge in [-0.2, -0.15) is 5.10 Å². The highest BCUT2D eigenvalue weighted by Gasteiger charge is 2.41. The lowest BCUT2D eigenvalue weighted by atomic mass is 9.95. The van der Waals surface area contributed by atoms with Crippen LogP contribution >= 0.6 is 12.2 Å². The van der Waals surface area contributed by atoms with Crippen LogP contribution in [-0.4, -0.2) is 14.8 Å². The van der Waals surface area contributed by atoms with Crippen molar-refractivity contribution in [1.29, 1.82) is 0 Å². The number of rotatable bonds is 2. The second-order valence-electron chi connectivity index (χ2n) is 5.65. The fourth-order valence-corrected chi connectivity index (χ4v) is 3.85. The predicted molar refractivity (Wildman–Crippen MR) is 66.0 cm³/mol. The van der Waals surface area contributed by atoms with Gasteiger partial charge in [0.15, 0.2) is 4.77 Å². The first-order valence-electron chi connectivity index (χ1n) is 6.33. The van der Waals surface area contributed by atoms with Gasteiger partial charge in [0.2, 0.25) is 0 Å². The molecule has 0 spiro atoms. The molecule has 3 atom stereocenters. The highest BCUT2D eigenvalue weighted by molar-refractivity contribution is 7.71. The van der Waals surface area contributed by atoms with E-state index >= 15 is 0 Å². The minimum absolute atomic E-state index is 0.451. The van der Waals surface area contributed by atoms with Gasteiger partial charge >= 0.3 is 0 Å². The van der Waals surface area contributed by atoms with Crippen molar-refractivity contribution in [1.82, 2.24) is 14.8 Å². The molecule has 16 heavy (non-hydrogen) atoms. The molecular weight excluding hydrogens is 218 g/mol. The molecule has 1 heterocycles. The number of hydrogen-bond donors (Lipinski definition) is 1. The molecule has 0 aliphatic heterocycles. The Bertz CT molecular complexity index is 445. The lowest BCUT2D eigenvalue weighted by Crippen LogP contribution is -2.19. The summed E-state index contributed by atoms with van der Waals surface area (Å²) in [6.07, 6.45) is 5.55. The van der Waals surface area contributed by atoms with E-state index < -0.39 is 0 Å². The molecule has 2 aliphatic rings. The minimum Gasteiger partial charge on any atom is -0.301 e. The molecule has 0 unspecified atom stereocenters. The lowest BCUT2D eigenvalue weighted by molar-refractivity contribution is 0.317. The molecule has 0 saturated heterocycles. The maximum atomic E-state index is 5.39. The third-order valence-corrected chi connectivity index (χ3v) is 4.57. The normalized spacial score (nSPS) is 32.8. The van der Waals surface area contributed by atoms with Crippen LogP contribution in [0.1, 0.15) is 57.3 Å². The van der Waals surface area contributed by atoms with Crippen molar-refractivity contribution in [2.45, 2.75) is 51.5 Å². The van der Waals surface area contributed by atoms with E-state index in [0.29, 0.717) is 12.0 Å². The van der Waals surface area contributed by atoms with Crippen LogP contribution in [0.15, 0.2) is 0 Å². The van der Waals surface area contributed by atoms with Gasteiger partial charge in [0.05, 0.1) is 0 Å². The number of nitrogens with one attached hydrogen (secondary N) is 1. The molecule has 4 heteroatoms. The molecule has 88 valence electrons. The number of nitrogens with zero attached hydrogens (tertiary/aromatic N) is 2. The summed E-state index contributed by atoms with van der Waals surface area (Å²) in [7, 11) is 0. The topological polar surface area (TPSA) is 33.6 Å². The molecule has 3 rings (SSSR count). The number of H-pyrrole nitrogens is 1. The fraction of sp³-hybridized carbons (Fsp3) is 0.833. The molecule has 1 aromatic heterocycles. The summed E-state index contributed by atoms with van der Waals surface area (Å²) in [5.74, 6) is 3.40. The summed E-state index contributed by atoms with van der Waals surface area (Å²) < 4.78 is 3.13. The zero-order chi connectivity index (χ0) is 11.3. The van der Waals surface area contributed by atoms with Crippen LogP contribution in [0.5, 0.6) is 0 Å². The van der Waals surface area contributed by atoms with Gasteiger partial charge in [-0.15, -0.1) is 0 Å². The monoisotopic (exact) mass is 237 g/mol. The summed E-state index contributed by atoms with van der Waals surface area (Å²) in [4.78, 5) is 0. The first kappa shape index (κ1) is 10.5. The zero-order valence-electron chi connectivity index (χ0n) is 9.94. The van der Waals surface area contributed by atoms with E-state index in [9.17, 15) is 0 Å². The summed E-state index contributed by atoms with van der Waals surface area (Å²) in [5, 5.41) is 7.36. The van der Waals surface area contributed by atoms with Crippen molar-refractivity contribution in [3.8, 4) is 0 Å². The molecular formula is C12H19N3S. The van der Waals surface area contributed by atoms with Crippen molar-refractivity contribution in [2.24, 2.45) is 11.8 Å². The van der Waals surface area contributed by atoms with E-state index in [1.54, 1.807) is 0 Å². The molecule has 1 N–H and O–H groups in total. The van der Waals surface area contributed by atoms with Crippen LogP contribution in [0, 0.1) is 16.6 Å². The first-order valence-corrected chi connectivity index (χ1v) is 6.74. The van der Waals surface area contributed by atoms with Crippen LogP contribution in [0.25, 0.3) is 0 Å². The average molecular weight is 237 g/mol. The van der Waals surface area contributed by atoms with Crippen molar-refractivity contribution in [3.63, 3.8) is 0 Å². The van der Waals surface area contributed by atoms with Crippen molar-refractivity contribution >= 4 is 12.2 Å². The third kappa shape index (κ3) is 1.46. The van der Waals surface area contributed by atoms with Crippen molar-refractivity contribution < 1.29 is 0 Å². The van der Waals surface area contributed by atoms with Crippen LogP contribution in [0.3, 0.4) is 0 Å². The standard InChI is InChI=1S/C12H19N3S/c1-7(2)11-13-14-12(16)15(11)10-6-8-3-4-9(10)5-8/h7-10H,3-6H2,1-2H3,(H,14,16)/t8-,9-,10+/m0/s1. The molecule has 0 amide bonds. The van der Waals surface area contributed by atoms with Crippen LogP contribution < -0.4 is 0 Å². The summed E-state index contributed by atoms with van der Waals surface area (Å²) in [6.45, 7) is 4.38. The van der Waals surface area contributed by atoms with E-state index in [1.807, 2.05) is 0 Å². The third-order valence-electron chi connectivity index (χ3n) is 4.28. The van der Waals surface area contributed by atoms with Gasteiger partial charge in [-0.3, -0.25) is 5.10 Å².